The van der Waals surface area contributed by atoms with Crippen molar-refractivity contribution in [2.45, 2.75) is 52.4 Å². The van der Waals surface area contributed by atoms with Crippen molar-refractivity contribution >= 4 is 5.97 Å². The molecule has 1 unspecified atom stereocenters. The van der Waals surface area contributed by atoms with Crippen LogP contribution in [-0.4, -0.2) is 29.3 Å². The third kappa shape index (κ3) is 6.27. The first-order valence-corrected chi connectivity index (χ1v) is 7.40. The molecular weight excluding hydrogens is 266 g/mol. The van der Waals surface area contributed by atoms with Crippen molar-refractivity contribution in [2.24, 2.45) is 5.92 Å². The van der Waals surface area contributed by atoms with Crippen LogP contribution in [0.4, 0.5) is 0 Å². The standard InChI is InChI=1S/C17H27NO3/c1-12(2)15(16(20)21-17(3,4)5)18-11-14(19)13-9-7-6-8-10-13/h6-10,12,14-15,18-19H,11H2,1-5H3/t14?,15-/m1/s1. The molecule has 2 N–H and O–H groups in total. The molecule has 2 atom stereocenters. The zero-order valence-electron chi connectivity index (χ0n) is 13.6. The summed E-state index contributed by atoms with van der Waals surface area (Å²) in [5.74, 6) is -0.194. The lowest BCUT2D eigenvalue weighted by atomic mass is 10.0. The average Bonchev–Trinajstić information content (AvgIpc) is 2.37. The molecule has 0 fully saturated rings. The van der Waals surface area contributed by atoms with E-state index in [1.165, 1.54) is 0 Å². The molecule has 0 spiro atoms. The lowest BCUT2D eigenvalue weighted by Gasteiger charge is -2.27. The molecule has 1 rings (SSSR count). The first-order chi connectivity index (χ1) is 9.70. The summed E-state index contributed by atoms with van der Waals surface area (Å²) in [6.45, 7) is 9.77. The van der Waals surface area contributed by atoms with E-state index in [0.717, 1.165) is 5.56 Å². The quantitative estimate of drug-likeness (QED) is 0.792. The monoisotopic (exact) mass is 293 g/mol. The van der Waals surface area contributed by atoms with Crippen molar-refractivity contribution in [1.29, 1.82) is 0 Å². The van der Waals surface area contributed by atoms with Gasteiger partial charge in [-0.15, -0.1) is 0 Å². The largest absolute Gasteiger partial charge is 0.459 e. The molecule has 118 valence electrons. The highest BCUT2D eigenvalue weighted by Gasteiger charge is 2.27. The zero-order chi connectivity index (χ0) is 16.0. The fourth-order valence-corrected chi connectivity index (χ4v) is 1.99. The number of benzene rings is 1. The van der Waals surface area contributed by atoms with E-state index in [2.05, 4.69) is 5.32 Å². The van der Waals surface area contributed by atoms with Gasteiger partial charge < -0.3 is 15.2 Å². The molecular formula is C17H27NO3. The minimum Gasteiger partial charge on any atom is -0.459 e. The molecule has 1 aromatic rings. The zero-order valence-corrected chi connectivity index (χ0v) is 13.6. The average molecular weight is 293 g/mol. The van der Waals surface area contributed by atoms with E-state index in [0.29, 0.717) is 6.54 Å². The lowest BCUT2D eigenvalue weighted by Crippen LogP contribution is -2.46. The van der Waals surface area contributed by atoms with Gasteiger partial charge in [-0.3, -0.25) is 4.79 Å². The van der Waals surface area contributed by atoms with Crippen LogP contribution in [0, 0.1) is 5.92 Å². The number of carbonyl (C=O) groups excluding carboxylic acids is 1. The molecule has 0 saturated heterocycles. The van der Waals surface area contributed by atoms with Crippen molar-refractivity contribution < 1.29 is 14.6 Å². The van der Waals surface area contributed by atoms with Crippen molar-refractivity contribution in [1.82, 2.24) is 5.32 Å². The lowest BCUT2D eigenvalue weighted by molar-refractivity contribution is -0.158. The van der Waals surface area contributed by atoms with Crippen LogP contribution < -0.4 is 5.32 Å². The SMILES string of the molecule is CC(C)[C@@H](NCC(O)c1ccccc1)C(=O)OC(C)(C)C. The van der Waals surface area contributed by atoms with Crippen molar-refractivity contribution in [3.8, 4) is 0 Å². The molecule has 4 nitrogen and oxygen atoms in total. The third-order valence-corrected chi connectivity index (χ3v) is 3.04. The van der Waals surface area contributed by atoms with Gasteiger partial charge in [0.15, 0.2) is 0 Å². The smallest absolute Gasteiger partial charge is 0.323 e. The second kappa shape index (κ2) is 7.57. The van der Waals surface area contributed by atoms with E-state index in [-0.39, 0.29) is 11.9 Å². The molecule has 0 radical (unpaired) electrons. The molecule has 0 heterocycles. The molecule has 21 heavy (non-hydrogen) atoms. The Balaban J connectivity index is 2.61. The first kappa shape index (κ1) is 17.7. The second-order valence-corrected chi connectivity index (χ2v) is 6.59. The molecule has 0 aliphatic heterocycles. The Morgan fingerprint density at radius 2 is 1.81 bits per heavy atom. The normalized spacial score (nSPS) is 14.8. The van der Waals surface area contributed by atoms with E-state index in [1.807, 2.05) is 65.0 Å². The number of hydrogen-bond donors (Lipinski definition) is 2. The van der Waals surface area contributed by atoms with Crippen LogP contribution in [0.2, 0.25) is 0 Å². The van der Waals surface area contributed by atoms with Gasteiger partial charge in [-0.1, -0.05) is 44.2 Å². The van der Waals surface area contributed by atoms with Crippen molar-refractivity contribution in [3.05, 3.63) is 35.9 Å². The summed E-state index contributed by atoms with van der Waals surface area (Å²) in [7, 11) is 0. The summed E-state index contributed by atoms with van der Waals surface area (Å²) < 4.78 is 5.42. The second-order valence-electron chi connectivity index (χ2n) is 6.59. The van der Waals surface area contributed by atoms with Crippen LogP contribution in [0.25, 0.3) is 0 Å². The summed E-state index contributed by atoms with van der Waals surface area (Å²) >= 11 is 0. The maximum absolute atomic E-state index is 12.2. The maximum Gasteiger partial charge on any atom is 0.323 e. The molecule has 1 aromatic carbocycles. The molecule has 0 aliphatic carbocycles. The Labute approximate surface area is 127 Å². The van der Waals surface area contributed by atoms with E-state index in [9.17, 15) is 9.90 Å². The van der Waals surface area contributed by atoms with Gasteiger partial charge in [-0.25, -0.2) is 0 Å². The van der Waals surface area contributed by atoms with Gasteiger partial charge >= 0.3 is 5.97 Å². The van der Waals surface area contributed by atoms with Crippen LogP contribution >= 0.6 is 0 Å². The number of aliphatic hydroxyl groups excluding tert-OH is 1. The highest BCUT2D eigenvalue weighted by atomic mass is 16.6. The van der Waals surface area contributed by atoms with Crippen LogP contribution in [0.3, 0.4) is 0 Å². The summed E-state index contributed by atoms with van der Waals surface area (Å²) in [5.41, 5.74) is 0.320. The summed E-state index contributed by atoms with van der Waals surface area (Å²) in [5, 5.41) is 13.3. The number of aliphatic hydroxyl groups is 1. The number of ether oxygens (including phenoxy) is 1. The van der Waals surface area contributed by atoms with Gasteiger partial charge in [0.25, 0.3) is 0 Å². The Bertz CT molecular complexity index is 437. The number of hydrogen-bond acceptors (Lipinski definition) is 4. The Morgan fingerprint density at radius 3 is 2.29 bits per heavy atom. The first-order valence-electron chi connectivity index (χ1n) is 7.40. The van der Waals surface area contributed by atoms with Crippen molar-refractivity contribution in [3.63, 3.8) is 0 Å². The van der Waals surface area contributed by atoms with Gasteiger partial charge in [0, 0.05) is 6.54 Å². The number of rotatable bonds is 6. The maximum atomic E-state index is 12.2. The molecule has 0 amide bonds. The Hall–Kier alpha value is -1.39. The van der Waals surface area contributed by atoms with Crippen molar-refractivity contribution in [2.75, 3.05) is 6.54 Å². The van der Waals surface area contributed by atoms with Crippen LogP contribution in [0.1, 0.15) is 46.3 Å². The summed E-state index contributed by atoms with van der Waals surface area (Å²) in [4.78, 5) is 12.2. The number of carbonyl (C=O) groups is 1. The predicted octanol–water partition coefficient (Wildman–Crippen LogP) is 2.68. The van der Waals surface area contributed by atoms with E-state index in [1.54, 1.807) is 0 Å². The number of esters is 1. The highest BCUT2D eigenvalue weighted by molar-refractivity contribution is 5.76. The minimum absolute atomic E-state index is 0.0859. The van der Waals surface area contributed by atoms with Crippen LogP contribution in [0.15, 0.2) is 30.3 Å². The molecule has 0 aliphatic rings. The topological polar surface area (TPSA) is 58.6 Å². The van der Waals surface area contributed by atoms with E-state index in [4.69, 9.17) is 4.74 Å². The Kier molecular flexibility index (Phi) is 6.37. The Morgan fingerprint density at radius 1 is 1.24 bits per heavy atom. The molecule has 0 aromatic heterocycles. The fraction of sp³-hybridized carbons (Fsp3) is 0.588. The summed E-state index contributed by atoms with van der Waals surface area (Å²) in [6, 6.07) is 8.97. The number of nitrogens with one attached hydrogen (secondary N) is 1. The molecule has 4 heteroatoms. The van der Waals surface area contributed by atoms with Crippen LogP contribution in [0.5, 0.6) is 0 Å². The molecule has 0 saturated carbocycles. The highest BCUT2D eigenvalue weighted by Crippen LogP contribution is 2.15. The van der Waals surface area contributed by atoms with E-state index >= 15 is 0 Å². The van der Waals surface area contributed by atoms with Gasteiger partial charge in [0.2, 0.25) is 0 Å². The third-order valence-electron chi connectivity index (χ3n) is 3.04. The van der Waals surface area contributed by atoms with Gasteiger partial charge in [-0.2, -0.15) is 0 Å². The minimum atomic E-state index is -0.644. The van der Waals surface area contributed by atoms with Crippen LogP contribution in [-0.2, 0) is 9.53 Å². The van der Waals surface area contributed by atoms with Gasteiger partial charge in [0.1, 0.15) is 11.6 Å². The fourth-order valence-electron chi connectivity index (χ4n) is 1.99. The van der Waals surface area contributed by atoms with Gasteiger partial charge in [0.05, 0.1) is 6.10 Å². The predicted molar refractivity (Wildman–Crippen MR) is 83.9 cm³/mol. The van der Waals surface area contributed by atoms with E-state index < -0.39 is 17.7 Å². The molecule has 0 bridgehead atoms. The van der Waals surface area contributed by atoms with Gasteiger partial charge in [-0.05, 0) is 32.3 Å². The summed E-state index contributed by atoms with van der Waals surface area (Å²) in [6.07, 6.45) is -0.644.